The molecule has 0 aromatic rings. The van der Waals surface area contributed by atoms with Gasteiger partial charge in [-0.3, -0.25) is 9.69 Å². The highest BCUT2D eigenvalue weighted by atomic mass is 35.5. The molecule has 0 aliphatic carbocycles. The minimum atomic E-state index is -1.10. The highest BCUT2D eigenvalue weighted by Gasteiger charge is 2.52. The van der Waals surface area contributed by atoms with Crippen molar-refractivity contribution in [2.24, 2.45) is 0 Å². The Morgan fingerprint density at radius 1 is 1.75 bits per heavy atom. The third-order valence-electron chi connectivity index (χ3n) is 2.50. The average molecular weight is 264 g/mol. The van der Waals surface area contributed by atoms with Gasteiger partial charge in [-0.05, 0) is 5.57 Å². The summed E-state index contributed by atoms with van der Waals surface area (Å²) in [5.41, 5.74) is 0.653. The van der Waals surface area contributed by atoms with E-state index in [-0.39, 0.29) is 23.6 Å². The number of carbonyl (C=O) groups is 2. The minimum Gasteiger partial charge on any atom is -0.477 e. The molecule has 5 nitrogen and oxygen atoms in total. The number of carbonyl (C=O) groups excluding carboxylic acids is 1. The van der Waals surface area contributed by atoms with E-state index in [0.29, 0.717) is 11.3 Å². The number of alkyl halides is 1. The van der Waals surface area contributed by atoms with E-state index in [1.807, 2.05) is 0 Å². The van der Waals surface area contributed by atoms with Crippen molar-refractivity contribution in [3.8, 4) is 0 Å². The van der Waals surface area contributed by atoms with Gasteiger partial charge in [0.1, 0.15) is 16.4 Å². The maximum absolute atomic E-state index is 11.5. The van der Waals surface area contributed by atoms with Gasteiger partial charge in [-0.15, -0.1) is 23.4 Å². The number of carboxylic acids is 1. The molecule has 2 atom stereocenters. The molecule has 0 spiro atoms. The molecule has 0 bridgehead atoms. The molecule has 0 aromatic carbocycles. The number of ether oxygens (including phenoxy) is 1. The van der Waals surface area contributed by atoms with Crippen molar-refractivity contribution in [1.29, 1.82) is 0 Å². The van der Waals surface area contributed by atoms with Gasteiger partial charge in [0, 0.05) is 12.9 Å². The van der Waals surface area contributed by atoms with Crippen molar-refractivity contribution < 1.29 is 19.4 Å². The fraction of sp³-hybridized carbons (Fsp3) is 0.556. The SMILES string of the molecule is COCC1=C(C(=O)O)N2C(=O)[C@H](Cl)C2SC1. The van der Waals surface area contributed by atoms with Crippen molar-refractivity contribution in [3.63, 3.8) is 0 Å². The zero-order valence-electron chi connectivity index (χ0n) is 8.47. The Bertz CT molecular complexity index is 384. The van der Waals surface area contributed by atoms with Crippen molar-refractivity contribution >= 4 is 35.2 Å². The molecule has 2 aliphatic rings. The van der Waals surface area contributed by atoms with Gasteiger partial charge in [0.15, 0.2) is 0 Å². The summed E-state index contributed by atoms with van der Waals surface area (Å²) in [5.74, 6) is -0.910. The lowest BCUT2D eigenvalue weighted by Crippen LogP contribution is -2.62. The van der Waals surface area contributed by atoms with Gasteiger partial charge in [-0.1, -0.05) is 0 Å². The number of nitrogens with zero attached hydrogens (tertiary/aromatic N) is 1. The van der Waals surface area contributed by atoms with E-state index in [1.54, 1.807) is 0 Å². The predicted octanol–water partition coefficient (Wildman–Crippen LogP) is 0.494. The maximum atomic E-state index is 11.5. The summed E-state index contributed by atoms with van der Waals surface area (Å²) >= 11 is 7.27. The Balaban J connectivity index is 2.34. The molecule has 1 fully saturated rings. The number of rotatable bonds is 3. The molecule has 1 unspecified atom stereocenters. The summed E-state index contributed by atoms with van der Waals surface area (Å²) in [4.78, 5) is 23.9. The third kappa shape index (κ3) is 1.61. The van der Waals surface area contributed by atoms with Crippen LogP contribution in [0.2, 0.25) is 0 Å². The third-order valence-corrected chi connectivity index (χ3v) is 4.42. The van der Waals surface area contributed by atoms with E-state index in [2.05, 4.69) is 0 Å². The number of fused-ring (bicyclic) bond motifs is 1. The zero-order valence-corrected chi connectivity index (χ0v) is 10.0. The predicted molar refractivity (Wildman–Crippen MR) is 59.3 cm³/mol. The van der Waals surface area contributed by atoms with Crippen molar-refractivity contribution in [2.45, 2.75) is 10.8 Å². The summed E-state index contributed by atoms with van der Waals surface area (Å²) in [7, 11) is 1.49. The normalized spacial score (nSPS) is 28.9. The molecule has 1 N–H and O–H groups in total. The van der Waals surface area contributed by atoms with E-state index >= 15 is 0 Å². The average Bonchev–Trinajstić information content (AvgIpc) is 2.27. The molecular formula is C9H10ClNO4S. The van der Waals surface area contributed by atoms with Crippen LogP contribution in [0.5, 0.6) is 0 Å². The van der Waals surface area contributed by atoms with Crippen LogP contribution in [0.3, 0.4) is 0 Å². The molecule has 1 saturated heterocycles. The highest BCUT2D eigenvalue weighted by molar-refractivity contribution is 8.00. The standard InChI is InChI=1S/C9H10ClNO4S/c1-15-2-4-3-16-8-5(10)7(12)11(8)6(4)9(13)14/h5,8H,2-3H2,1H3,(H,13,14)/t5-,8?/m0/s1. The number of halogens is 1. The molecule has 0 aromatic heterocycles. The zero-order chi connectivity index (χ0) is 11.9. The number of hydrogen-bond donors (Lipinski definition) is 1. The van der Waals surface area contributed by atoms with Crippen LogP contribution in [0.4, 0.5) is 0 Å². The van der Waals surface area contributed by atoms with Crippen LogP contribution in [-0.4, -0.2) is 52.1 Å². The summed E-state index contributed by atoms with van der Waals surface area (Å²) in [6, 6.07) is 0. The van der Waals surface area contributed by atoms with E-state index in [0.717, 1.165) is 0 Å². The molecular weight excluding hydrogens is 254 g/mol. The van der Waals surface area contributed by atoms with Gasteiger partial charge in [0.25, 0.3) is 0 Å². The first-order valence-corrected chi connectivity index (χ1v) is 6.09. The van der Waals surface area contributed by atoms with E-state index in [9.17, 15) is 9.59 Å². The fourth-order valence-electron chi connectivity index (χ4n) is 1.79. The Hall–Kier alpha value is -0.720. The quantitative estimate of drug-likeness (QED) is 0.593. The molecule has 16 heavy (non-hydrogen) atoms. The molecule has 7 heteroatoms. The summed E-state index contributed by atoms with van der Waals surface area (Å²) in [5, 5.41) is 8.24. The van der Waals surface area contributed by atoms with Crippen molar-refractivity contribution in [3.05, 3.63) is 11.3 Å². The van der Waals surface area contributed by atoms with Crippen LogP contribution < -0.4 is 0 Å². The Morgan fingerprint density at radius 3 is 3.00 bits per heavy atom. The van der Waals surface area contributed by atoms with Crippen molar-refractivity contribution in [1.82, 2.24) is 4.90 Å². The second-order valence-electron chi connectivity index (χ2n) is 3.50. The number of methoxy groups -OCH3 is 1. The first-order chi connectivity index (χ1) is 7.57. The lowest BCUT2D eigenvalue weighted by atomic mass is 10.1. The number of amides is 1. The van der Waals surface area contributed by atoms with Gasteiger partial charge < -0.3 is 9.84 Å². The van der Waals surface area contributed by atoms with Crippen LogP contribution >= 0.6 is 23.4 Å². The number of thioether (sulfide) groups is 1. The van der Waals surface area contributed by atoms with E-state index in [1.165, 1.54) is 23.8 Å². The van der Waals surface area contributed by atoms with Crippen LogP contribution in [0.1, 0.15) is 0 Å². The van der Waals surface area contributed by atoms with Crippen LogP contribution in [0.25, 0.3) is 0 Å². The summed E-state index contributed by atoms with van der Waals surface area (Å²) in [6.45, 7) is 0.220. The number of β-lactam (4-membered cyclic amide) rings is 1. The largest absolute Gasteiger partial charge is 0.477 e. The highest BCUT2D eigenvalue weighted by Crippen LogP contribution is 2.42. The first-order valence-electron chi connectivity index (χ1n) is 4.61. The molecule has 2 rings (SSSR count). The second-order valence-corrected chi connectivity index (χ2v) is 5.08. The van der Waals surface area contributed by atoms with Crippen LogP contribution in [0.15, 0.2) is 11.3 Å². The molecule has 1 amide bonds. The number of aliphatic carboxylic acids is 1. The topological polar surface area (TPSA) is 66.8 Å². The molecule has 2 aliphatic heterocycles. The fourth-order valence-corrected chi connectivity index (χ4v) is 3.46. The number of carboxylic acid groups (broad SMARTS) is 1. The monoisotopic (exact) mass is 263 g/mol. The first kappa shape index (κ1) is 11.8. The van der Waals surface area contributed by atoms with Crippen LogP contribution in [0, 0.1) is 0 Å². The van der Waals surface area contributed by atoms with E-state index < -0.39 is 11.3 Å². The summed E-state index contributed by atoms with van der Waals surface area (Å²) in [6.07, 6.45) is 0. The van der Waals surface area contributed by atoms with Gasteiger partial charge >= 0.3 is 5.97 Å². The van der Waals surface area contributed by atoms with Gasteiger partial charge in [0.05, 0.1) is 6.61 Å². The van der Waals surface area contributed by atoms with Crippen molar-refractivity contribution in [2.75, 3.05) is 19.5 Å². The minimum absolute atomic E-state index is 0.0347. The Kier molecular flexibility index (Phi) is 3.14. The Morgan fingerprint density at radius 2 is 2.44 bits per heavy atom. The summed E-state index contributed by atoms with van der Waals surface area (Å²) < 4.78 is 4.93. The molecule has 2 heterocycles. The lowest BCUT2D eigenvalue weighted by Gasteiger charge is -2.47. The molecule has 0 radical (unpaired) electrons. The number of hydrogen-bond acceptors (Lipinski definition) is 4. The van der Waals surface area contributed by atoms with E-state index in [4.69, 9.17) is 21.4 Å². The van der Waals surface area contributed by atoms with Gasteiger partial charge in [0.2, 0.25) is 5.91 Å². The van der Waals surface area contributed by atoms with Gasteiger partial charge in [-0.25, -0.2) is 4.79 Å². The molecule has 0 saturated carbocycles. The Labute approximate surface area is 101 Å². The second kappa shape index (κ2) is 4.27. The smallest absolute Gasteiger partial charge is 0.352 e. The maximum Gasteiger partial charge on any atom is 0.352 e. The van der Waals surface area contributed by atoms with Crippen LogP contribution in [-0.2, 0) is 14.3 Å². The lowest BCUT2D eigenvalue weighted by molar-refractivity contribution is -0.145. The van der Waals surface area contributed by atoms with Gasteiger partial charge in [-0.2, -0.15) is 0 Å². The molecule has 88 valence electrons.